The number of hydrogen-bond donors (Lipinski definition) is 1. The Hall–Kier alpha value is -3.46. The molecular formula is C26H30ClN5O4. The van der Waals surface area contributed by atoms with Crippen LogP contribution in [0.25, 0.3) is 0 Å². The molecule has 3 heterocycles. The van der Waals surface area contributed by atoms with Crippen molar-refractivity contribution in [2.75, 3.05) is 26.7 Å². The Kier molecular flexibility index (Phi) is 7.04. The van der Waals surface area contributed by atoms with Crippen molar-refractivity contribution in [1.29, 1.82) is 0 Å². The van der Waals surface area contributed by atoms with Gasteiger partial charge in [0.25, 0.3) is 5.91 Å². The number of benzene rings is 1. The van der Waals surface area contributed by atoms with Gasteiger partial charge in [0.15, 0.2) is 0 Å². The Morgan fingerprint density at radius 2 is 1.97 bits per heavy atom. The monoisotopic (exact) mass is 511 g/mol. The van der Waals surface area contributed by atoms with Crippen molar-refractivity contribution in [1.82, 2.24) is 14.9 Å². The summed E-state index contributed by atoms with van der Waals surface area (Å²) in [6.07, 6.45) is 3.83. The highest BCUT2D eigenvalue weighted by molar-refractivity contribution is 6.30. The normalized spacial score (nSPS) is 20.6. The average Bonchev–Trinajstić information content (AvgIpc) is 3.08. The molecule has 0 spiro atoms. The molecule has 1 fully saturated rings. The molecule has 1 saturated heterocycles. The molecule has 2 aliphatic heterocycles. The number of piperidine rings is 1. The molecule has 2 aromatic rings. The number of pyridine rings is 1. The summed E-state index contributed by atoms with van der Waals surface area (Å²) in [4.78, 5) is 45.4. The highest BCUT2D eigenvalue weighted by Crippen LogP contribution is 2.39. The topological polar surface area (TPSA) is 118 Å². The molecule has 9 nitrogen and oxygen atoms in total. The smallest absolute Gasteiger partial charge is 0.256 e. The molecule has 0 unspecified atom stereocenters. The van der Waals surface area contributed by atoms with Gasteiger partial charge in [-0.1, -0.05) is 55.8 Å². The first-order chi connectivity index (χ1) is 17.0. The summed E-state index contributed by atoms with van der Waals surface area (Å²) in [5.41, 5.74) is 5.30. The van der Waals surface area contributed by atoms with Crippen LogP contribution >= 0.6 is 11.6 Å². The van der Waals surface area contributed by atoms with Crippen molar-refractivity contribution in [3.8, 4) is 5.75 Å². The molecule has 0 radical (unpaired) electrons. The molecule has 0 saturated carbocycles. The van der Waals surface area contributed by atoms with Gasteiger partial charge in [0.05, 0.1) is 28.3 Å². The summed E-state index contributed by atoms with van der Waals surface area (Å²) < 4.78 is 5.84. The van der Waals surface area contributed by atoms with Crippen LogP contribution in [-0.4, -0.2) is 65.1 Å². The molecule has 3 amide bonds. The van der Waals surface area contributed by atoms with Crippen molar-refractivity contribution in [2.24, 2.45) is 27.6 Å². The van der Waals surface area contributed by atoms with Crippen LogP contribution < -0.4 is 10.5 Å². The first-order valence-electron chi connectivity index (χ1n) is 11.8. The van der Waals surface area contributed by atoms with Gasteiger partial charge in [-0.05, 0) is 12.0 Å². The second-order valence-corrected chi connectivity index (χ2v) is 10.4. The van der Waals surface area contributed by atoms with E-state index in [0.717, 1.165) is 11.3 Å². The number of rotatable bonds is 8. The molecular weight excluding hydrogens is 482 g/mol. The van der Waals surface area contributed by atoms with Crippen LogP contribution in [0.15, 0.2) is 53.9 Å². The van der Waals surface area contributed by atoms with E-state index in [-0.39, 0.29) is 25.0 Å². The summed E-state index contributed by atoms with van der Waals surface area (Å²) in [5.74, 6) is -1.59. The zero-order valence-electron chi connectivity index (χ0n) is 20.6. The average molecular weight is 512 g/mol. The van der Waals surface area contributed by atoms with Gasteiger partial charge in [-0.15, -0.1) is 0 Å². The van der Waals surface area contributed by atoms with E-state index in [1.54, 1.807) is 31.9 Å². The van der Waals surface area contributed by atoms with Crippen LogP contribution in [0, 0.1) is 16.7 Å². The number of carbonyl (C=O) groups excluding carboxylic acids is 3. The van der Waals surface area contributed by atoms with E-state index in [1.807, 2.05) is 30.3 Å². The summed E-state index contributed by atoms with van der Waals surface area (Å²) >= 11 is 6.00. The van der Waals surface area contributed by atoms with E-state index in [4.69, 9.17) is 22.1 Å². The summed E-state index contributed by atoms with van der Waals surface area (Å²) in [6.45, 7) is 3.69. The van der Waals surface area contributed by atoms with E-state index in [1.165, 1.54) is 17.4 Å². The number of nitrogens with two attached hydrogens (primary N) is 1. The summed E-state index contributed by atoms with van der Waals surface area (Å²) in [5, 5.41) is 6.26. The second-order valence-electron chi connectivity index (χ2n) is 9.92. The molecule has 10 heteroatoms. The summed E-state index contributed by atoms with van der Waals surface area (Å²) in [6, 6.07) is 11.3. The molecule has 2 aliphatic rings. The number of hydrazone groups is 1. The Bertz CT molecular complexity index is 1200. The Morgan fingerprint density at radius 1 is 1.25 bits per heavy atom. The number of aromatic nitrogens is 1. The molecule has 1 aromatic heterocycles. The number of fused-ring (bicyclic) bond motifs is 1. The molecule has 190 valence electrons. The number of ether oxygens (including phenoxy) is 1. The molecule has 4 rings (SSSR count). The molecule has 36 heavy (non-hydrogen) atoms. The van der Waals surface area contributed by atoms with Gasteiger partial charge in [-0.25, -0.2) is 5.01 Å². The standard InChI is InChI=1S/C26H30ClN5O4/c1-25(2,23(28)34)20(15-36-19-11-18(27)13-29-14-19)22(33)32-10-9-21-26(16-32,24(35)31(3)30-21)12-17-7-5-4-6-8-17/h4-8,11,13-14,20H,9-10,12,15-16H2,1-3H3,(H2,28,34)/t20-,26-/m1/s1. The first-order valence-corrected chi connectivity index (χ1v) is 12.1. The minimum absolute atomic E-state index is 0.103. The third kappa shape index (κ3) is 4.80. The lowest BCUT2D eigenvalue weighted by Gasteiger charge is -2.42. The zero-order valence-corrected chi connectivity index (χ0v) is 21.4. The van der Waals surface area contributed by atoms with Crippen LogP contribution in [0.2, 0.25) is 5.02 Å². The Morgan fingerprint density at radius 3 is 2.64 bits per heavy atom. The second kappa shape index (κ2) is 9.89. The highest BCUT2D eigenvalue weighted by atomic mass is 35.5. The van der Waals surface area contributed by atoms with Gasteiger partial charge in [0, 0.05) is 38.8 Å². The largest absolute Gasteiger partial charge is 0.491 e. The fraction of sp³-hybridized carbons (Fsp3) is 0.423. The van der Waals surface area contributed by atoms with Crippen LogP contribution in [0.4, 0.5) is 0 Å². The highest BCUT2D eigenvalue weighted by Gasteiger charge is 2.54. The zero-order chi connectivity index (χ0) is 26.1. The Labute approximate surface area is 215 Å². The van der Waals surface area contributed by atoms with E-state index < -0.39 is 22.7 Å². The SMILES string of the molecule is CN1N=C2CCN(C(=O)[C@@H](COc3cncc(Cl)c3)C(C)(C)C(N)=O)C[C@@]2(Cc2ccccc2)C1=O. The van der Waals surface area contributed by atoms with Gasteiger partial charge < -0.3 is 15.4 Å². The maximum Gasteiger partial charge on any atom is 0.256 e. The van der Waals surface area contributed by atoms with Crippen LogP contribution in [-0.2, 0) is 20.8 Å². The van der Waals surface area contributed by atoms with E-state index in [9.17, 15) is 14.4 Å². The third-order valence-electron chi connectivity index (χ3n) is 7.17. The van der Waals surface area contributed by atoms with Crippen LogP contribution in [0.3, 0.4) is 0 Å². The van der Waals surface area contributed by atoms with Crippen molar-refractivity contribution < 1.29 is 19.1 Å². The number of amides is 3. The van der Waals surface area contributed by atoms with Gasteiger partial charge in [0.2, 0.25) is 11.8 Å². The molecule has 2 atom stereocenters. The third-order valence-corrected chi connectivity index (χ3v) is 7.37. The van der Waals surface area contributed by atoms with E-state index in [2.05, 4.69) is 10.1 Å². The minimum Gasteiger partial charge on any atom is -0.491 e. The number of hydrogen-bond acceptors (Lipinski definition) is 6. The molecule has 2 N–H and O–H groups in total. The number of likely N-dealkylation sites (tertiary alicyclic amines) is 1. The van der Waals surface area contributed by atoms with Crippen LogP contribution in [0.1, 0.15) is 25.8 Å². The molecule has 1 aromatic carbocycles. The van der Waals surface area contributed by atoms with Gasteiger partial charge in [-0.2, -0.15) is 5.10 Å². The maximum absolute atomic E-state index is 13.9. The first kappa shape index (κ1) is 25.6. The predicted molar refractivity (Wildman–Crippen MR) is 135 cm³/mol. The minimum atomic E-state index is -1.21. The fourth-order valence-corrected chi connectivity index (χ4v) is 5.01. The summed E-state index contributed by atoms with van der Waals surface area (Å²) in [7, 11) is 1.64. The molecule has 0 bridgehead atoms. The number of nitrogens with zero attached hydrogens (tertiary/aromatic N) is 4. The number of halogens is 1. The number of primary amides is 1. The van der Waals surface area contributed by atoms with Crippen molar-refractivity contribution in [3.05, 3.63) is 59.4 Å². The van der Waals surface area contributed by atoms with Gasteiger partial charge in [-0.3, -0.25) is 19.4 Å². The van der Waals surface area contributed by atoms with Crippen LogP contribution in [0.5, 0.6) is 5.75 Å². The van der Waals surface area contributed by atoms with Gasteiger partial charge in [0.1, 0.15) is 17.8 Å². The van der Waals surface area contributed by atoms with Gasteiger partial charge >= 0.3 is 0 Å². The quantitative estimate of drug-likeness (QED) is 0.584. The van der Waals surface area contributed by atoms with Crippen molar-refractivity contribution in [3.63, 3.8) is 0 Å². The maximum atomic E-state index is 13.9. The fourth-order valence-electron chi connectivity index (χ4n) is 4.85. The van der Waals surface area contributed by atoms with E-state index >= 15 is 0 Å². The van der Waals surface area contributed by atoms with E-state index in [0.29, 0.717) is 30.2 Å². The Balaban J connectivity index is 1.62. The lowest BCUT2D eigenvalue weighted by atomic mass is 9.72. The lowest BCUT2D eigenvalue weighted by molar-refractivity contribution is -0.149. The molecule has 0 aliphatic carbocycles. The predicted octanol–water partition coefficient (Wildman–Crippen LogP) is 2.53. The van der Waals surface area contributed by atoms with Crippen molar-refractivity contribution in [2.45, 2.75) is 26.7 Å². The lowest BCUT2D eigenvalue weighted by Crippen LogP contribution is -2.58. The number of carbonyl (C=O) groups is 3. The van der Waals surface area contributed by atoms with Crippen molar-refractivity contribution >= 4 is 35.0 Å².